The second-order valence-electron chi connectivity index (χ2n) is 5.77. The van der Waals surface area contributed by atoms with E-state index in [1.165, 1.54) is 12.8 Å². The molecule has 3 nitrogen and oxygen atoms in total. The Hall–Kier alpha value is -0.120. The van der Waals surface area contributed by atoms with E-state index < -0.39 is 0 Å². The molecule has 4 unspecified atom stereocenters. The summed E-state index contributed by atoms with van der Waals surface area (Å²) < 4.78 is 11.4. The lowest BCUT2D eigenvalue weighted by Gasteiger charge is -2.44. The summed E-state index contributed by atoms with van der Waals surface area (Å²) in [5.74, 6) is 0.930. The van der Waals surface area contributed by atoms with Crippen LogP contribution < -0.4 is 0 Å². The maximum Gasteiger partial charge on any atom is 0.0946 e. The van der Waals surface area contributed by atoms with Gasteiger partial charge in [0.1, 0.15) is 0 Å². The summed E-state index contributed by atoms with van der Waals surface area (Å²) in [6.45, 7) is 6.48. The summed E-state index contributed by atoms with van der Waals surface area (Å²) in [6, 6.07) is 0. The predicted molar refractivity (Wildman–Crippen MR) is 66.9 cm³/mol. The fourth-order valence-electron chi connectivity index (χ4n) is 3.55. The highest BCUT2D eigenvalue weighted by Crippen LogP contribution is 2.41. The molecule has 1 saturated heterocycles. The van der Waals surface area contributed by atoms with Crippen LogP contribution in [-0.2, 0) is 9.47 Å². The zero-order valence-electron chi connectivity index (χ0n) is 11.2. The van der Waals surface area contributed by atoms with Crippen LogP contribution in [0.4, 0.5) is 0 Å². The molecule has 1 aliphatic carbocycles. The van der Waals surface area contributed by atoms with Gasteiger partial charge in [-0.3, -0.25) is 0 Å². The first kappa shape index (κ1) is 13.3. The normalized spacial score (nSPS) is 40.4. The lowest BCUT2D eigenvalue weighted by atomic mass is 9.72. The highest BCUT2D eigenvalue weighted by atomic mass is 16.5. The van der Waals surface area contributed by atoms with Gasteiger partial charge in [0.05, 0.1) is 18.3 Å². The molecule has 17 heavy (non-hydrogen) atoms. The van der Waals surface area contributed by atoms with Crippen molar-refractivity contribution in [1.82, 2.24) is 0 Å². The lowest BCUT2D eigenvalue weighted by Crippen LogP contribution is -2.51. The molecule has 3 heteroatoms. The molecule has 2 fully saturated rings. The van der Waals surface area contributed by atoms with Crippen LogP contribution in [0.1, 0.15) is 46.0 Å². The fourth-order valence-corrected chi connectivity index (χ4v) is 3.55. The van der Waals surface area contributed by atoms with Gasteiger partial charge in [-0.2, -0.15) is 0 Å². The molecule has 100 valence electrons. The Morgan fingerprint density at radius 1 is 1.47 bits per heavy atom. The van der Waals surface area contributed by atoms with Crippen molar-refractivity contribution in [3.63, 3.8) is 0 Å². The van der Waals surface area contributed by atoms with Crippen LogP contribution in [0, 0.1) is 11.8 Å². The van der Waals surface area contributed by atoms with E-state index in [-0.39, 0.29) is 17.6 Å². The maximum absolute atomic E-state index is 10.7. The minimum atomic E-state index is -0.354. The van der Waals surface area contributed by atoms with E-state index >= 15 is 0 Å². The van der Waals surface area contributed by atoms with Crippen molar-refractivity contribution in [2.75, 3.05) is 19.8 Å². The molecule has 0 amide bonds. The van der Waals surface area contributed by atoms with Gasteiger partial charge < -0.3 is 14.6 Å². The zero-order valence-corrected chi connectivity index (χ0v) is 11.2. The fraction of sp³-hybridized carbons (Fsp3) is 1.00. The highest BCUT2D eigenvalue weighted by molar-refractivity contribution is 4.96. The van der Waals surface area contributed by atoms with Crippen molar-refractivity contribution in [2.24, 2.45) is 11.8 Å². The van der Waals surface area contributed by atoms with Gasteiger partial charge in [0.15, 0.2) is 0 Å². The van der Waals surface area contributed by atoms with Crippen LogP contribution in [0.15, 0.2) is 0 Å². The third kappa shape index (κ3) is 2.83. The summed E-state index contributed by atoms with van der Waals surface area (Å²) in [6.07, 6.45) is 5.06. The van der Waals surface area contributed by atoms with Crippen molar-refractivity contribution < 1.29 is 14.6 Å². The topological polar surface area (TPSA) is 38.7 Å². The van der Waals surface area contributed by atoms with E-state index in [1.807, 2.05) is 6.92 Å². The lowest BCUT2D eigenvalue weighted by molar-refractivity contribution is -0.164. The Kier molecular flexibility index (Phi) is 4.45. The average molecular weight is 242 g/mol. The van der Waals surface area contributed by atoms with Crippen LogP contribution in [-0.4, -0.2) is 36.6 Å². The van der Waals surface area contributed by atoms with Crippen molar-refractivity contribution in [3.05, 3.63) is 0 Å². The first-order valence-electron chi connectivity index (χ1n) is 7.07. The Balaban J connectivity index is 2.08. The van der Waals surface area contributed by atoms with E-state index in [0.717, 1.165) is 25.9 Å². The van der Waals surface area contributed by atoms with Gasteiger partial charge >= 0.3 is 0 Å². The minimum absolute atomic E-state index is 0.270. The smallest absolute Gasteiger partial charge is 0.0946 e. The van der Waals surface area contributed by atoms with E-state index in [0.29, 0.717) is 19.1 Å². The summed E-state index contributed by atoms with van der Waals surface area (Å²) in [7, 11) is 0. The molecule has 0 aromatic carbocycles. The van der Waals surface area contributed by atoms with Crippen LogP contribution in [0.5, 0.6) is 0 Å². The quantitative estimate of drug-likeness (QED) is 0.822. The molecular formula is C14H26O3. The SMILES string of the molecule is CCOC1(C(O)C2CCOC2)CCCC(C)C1. The molecular weight excluding hydrogens is 216 g/mol. The van der Waals surface area contributed by atoms with Gasteiger partial charge in [0.25, 0.3) is 0 Å². The maximum atomic E-state index is 10.7. The minimum Gasteiger partial charge on any atom is -0.390 e. The molecule has 1 aliphatic heterocycles. The van der Waals surface area contributed by atoms with Gasteiger partial charge in [0.2, 0.25) is 0 Å². The van der Waals surface area contributed by atoms with Crippen LogP contribution >= 0.6 is 0 Å². The highest BCUT2D eigenvalue weighted by Gasteiger charge is 2.46. The van der Waals surface area contributed by atoms with Crippen LogP contribution in [0.3, 0.4) is 0 Å². The number of ether oxygens (including phenoxy) is 2. The van der Waals surface area contributed by atoms with Gasteiger partial charge in [-0.25, -0.2) is 0 Å². The molecule has 4 atom stereocenters. The van der Waals surface area contributed by atoms with Gasteiger partial charge in [-0.1, -0.05) is 19.8 Å². The van der Waals surface area contributed by atoms with Gasteiger partial charge in [-0.05, 0) is 32.1 Å². The monoisotopic (exact) mass is 242 g/mol. The van der Waals surface area contributed by atoms with Crippen LogP contribution in [0.25, 0.3) is 0 Å². The van der Waals surface area contributed by atoms with E-state index in [1.54, 1.807) is 0 Å². The summed E-state index contributed by atoms with van der Waals surface area (Å²) >= 11 is 0. The molecule has 0 spiro atoms. The largest absolute Gasteiger partial charge is 0.390 e. The molecule has 1 N–H and O–H groups in total. The first-order valence-corrected chi connectivity index (χ1v) is 7.07. The molecule has 1 saturated carbocycles. The molecule has 2 aliphatic rings. The Bertz CT molecular complexity index is 234. The summed E-state index contributed by atoms with van der Waals surface area (Å²) in [5.41, 5.74) is -0.301. The average Bonchev–Trinajstić information content (AvgIpc) is 2.81. The predicted octanol–water partition coefficient (Wildman–Crippen LogP) is 2.37. The first-order chi connectivity index (χ1) is 8.18. The Morgan fingerprint density at radius 3 is 2.88 bits per heavy atom. The number of hydrogen-bond acceptors (Lipinski definition) is 3. The number of hydrogen-bond donors (Lipinski definition) is 1. The third-order valence-corrected chi connectivity index (χ3v) is 4.37. The number of aliphatic hydroxyl groups excluding tert-OH is 1. The Labute approximate surface area is 104 Å². The van der Waals surface area contributed by atoms with Crippen molar-refractivity contribution in [2.45, 2.75) is 57.7 Å². The third-order valence-electron chi connectivity index (χ3n) is 4.37. The standard InChI is InChI=1S/C14H26O3/c1-3-17-14(7-4-5-11(2)9-14)13(15)12-6-8-16-10-12/h11-13,15H,3-10H2,1-2H3. The Morgan fingerprint density at radius 2 is 2.29 bits per heavy atom. The molecule has 2 rings (SSSR count). The van der Waals surface area contributed by atoms with Crippen molar-refractivity contribution >= 4 is 0 Å². The van der Waals surface area contributed by atoms with E-state index in [9.17, 15) is 5.11 Å². The zero-order chi connectivity index (χ0) is 12.3. The van der Waals surface area contributed by atoms with E-state index in [4.69, 9.17) is 9.47 Å². The number of aliphatic hydroxyl groups is 1. The van der Waals surface area contributed by atoms with E-state index in [2.05, 4.69) is 6.92 Å². The van der Waals surface area contributed by atoms with Crippen molar-refractivity contribution in [1.29, 1.82) is 0 Å². The molecule has 0 aromatic heterocycles. The summed E-state index contributed by atoms with van der Waals surface area (Å²) in [4.78, 5) is 0. The molecule has 0 aromatic rings. The number of rotatable bonds is 4. The molecule has 0 radical (unpaired) electrons. The molecule has 1 heterocycles. The summed E-state index contributed by atoms with van der Waals surface area (Å²) in [5, 5.41) is 10.7. The molecule has 0 bridgehead atoms. The second-order valence-corrected chi connectivity index (χ2v) is 5.77. The van der Waals surface area contributed by atoms with Crippen LogP contribution in [0.2, 0.25) is 0 Å². The second kappa shape index (κ2) is 5.68. The van der Waals surface area contributed by atoms with Crippen molar-refractivity contribution in [3.8, 4) is 0 Å². The van der Waals surface area contributed by atoms with Gasteiger partial charge in [-0.15, -0.1) is 0 Å². The van der Waals surface area contributed by atoms with Gasteiger partial charge in [0, 0.05) is 19.1 Å².